The zero-order valence-electron chi connectivity index (χ0n) is 9.51. The molecule has 2 unspecified atom stereocenters. The van der Waals surface area contributed by atoms with Crippen molar-refractivity contribution in [1.29, 1.82) is 0 Å². The molecule has 1 fully saturated rings. The lowest BCUT2D eigenvalue weighted by atomic mass is 10.1. The van der Waals surface area contributed by atoms with Crippen molar-refractivity contribution in [3.63, 3.8) is 0 Å². The fourth-order valence-electron chi connectivity index (χ4n) is 2.27. The van der Waals surface area contributed by atoms with Crippen LogP contribution in [0.2, 0.25) is 0 Å². The van der Waals surface area contributed by atoms with Crippen molar-refractivity contribution in [1.82, 2.24) is 0 Å². The molecule has 1 aromatic carbocycles. The molecule has 0 spiro atoms. The maximum Gasteiger partial charge on any atom is 0.0717 e. The van der Waals surface area contributed by atoms with Crippen LogP contribution in [0.5, 0.6) is 0 Å². The molecule has 88 valence electrons. The Balaban J connectivity index is 1.69. The third kappa shape index (κ3) is 3.04. The fourth-order valence-corrected chi connectivity index (χ4v) is 2.27. The van der Waals surface area contributed by atoms with Crippen molar-refractivity contribution in [3.8, 4) is 0 Å². The molecule has 0 saturated heterocycles. The summed E-state index contributed by atoms with van der Waals surface area (Å²) in [6.07, 6.45) is 1.99. The molecule has 0 aliphatic heterocycles. The Morgan fingerprint density at radius 1 is 1.06 bits per heavy atom. The molecule has 0 radical (unpaired) electrons. The molecule has 1 aliphatic rings. The van der Waals surface area contributed by atoms with Gasteiger partial charge in [0.05, 0.1) is 6.61 Å². The van der Waals surface area contributed by atoms with E-state index in [1.54, 1.807) is 0 Å². The standard InChI is InChI=1S/C13H20N2O/c14-12-6-11(7-13(12)15)9-16-8-10-4-2-1-3-5-10/h1-5,11-13H,6-9,14-15H2/t11?,12-,13?/m1/s1. The van der Waals surface area contributed by atoms with Crippen molar-refractivity contribution in [3.05, 3.63) is 35.9 Å². The summed E-state index contributed by atoms with van der Waals surface area (Å²) in [5.74, 6) is 0.536. The first-order valence-corrected chi connectivity index (χ1v) is 5.88. The maximum absolute atomic E-state index is 5.87. The number of benzene rings is 1. The average Bonchev–Trinajstić information content (AvgIpc) is 2.60. The highest BCUT2D eigenvalue weighted by Gasteiger charge is 2.28. The Morgan fingerprint density at radius 2 is 1.69 bits per heavy atom. The second-order valence-corrected chi connectivity index (χ2v) is 4.67. The molecule has 0 bridgehead atoms. The van der Waals surface area contributed by atoms with Gasteiger partial charge >= 0.3 is 0 Å². The van der Waals surface area contributed by atoms with Gasteiger partial charge < -0.3 is 16.2 Å². The fraction of sp³-hybridized carbons (Fsp3) is 0.538. The minimum atomic E-state index is 0.158. The van der Waals surface area contributed by atoms with Gasteiger partial charge in [0.1, 0.15) is 0 Å². The van der Waals surface area contributed by atoms with E-state index in [1.165, 1.54) is 5.56 Å². The summed E-state index contributed by atoms with van der Waals surface area (Å²) in [7, 11) is 0. The van der Waals surface area contributed by atoms with Crippen molar-refractivity contribution >= 4 is 0 Å². The normalized spacial score (nSPS) is 29.5. The SMILES string of the molecule is NC1CC(COCc2ccccc2)C[C@H]1N. The number of ether oxygens (including phenoxy) is 1. The number of hydrogen-bond acceptors (Lipinski definition) is 3. The van der Waals surface area contributed by atoms with E-state index in [0.717, 1.165) is 19.4 Å². The predicted molar refractivity (Wildman–Crippen MR) is 64.8 cm³/mol. The van der Waals surface area contributed by atoms with E-state index in [4.69, 9.17) is 16.2 Å². The van der Waals surface area contributed by atoms with Crippen molar-refractivity contribution in [2.45, 2.75) is 31.5 Å². The Morgan fingerprint density at radius 3 is 2.31 bits per heavy atom. The van der Waals surface area contributed by atoms with E-state index in [-0.39, 0.29) is 12.1 Å². The van der Waals surface area contributed by atoms with Crippen molar-refractivity contribution in [2.75, 3.05) is 6.61 Å². The first-order chi connectivity index (χ1) is 7.75. The quantitative estimate of drug-likeness (QED) is 0.803. The van der Waals surface area contributed by atoms with Gasteiger partial charge in [-0.25, -0.2) is 0 Å². The zero-order chi connectivity index (χ0) is 11.4. The summed E-state index contributed by atoms with van der Waals surface area (Å²) < 4.78 is 5.69. The molecule has 3 atom stereocenters. The topological polar surface area (TPSA) is 61.3 Å². The van der Waals surface area contributed by atoms with Crippen LogP contribution in [-0.4, -0.2) is 18.7 Å². The minimum Gasteiger partial charge on any atom is -0.376 e. The highest BCUT2D eigenvalue weighted by Crippen LogP contribution is 2.23. The highest BCUT2D eigenvalue weighted by molar-refractivity contribution is 5.13. The van der Waals surface area contributed by atoms with E-state index < -0.39 is 0 Å². The van der Waals surface area contributed by atoms with Gasteiger partial charge in [0.15, 0.2) is 0 Å². The van der Waals surface area contributed by atoms with Gasteiger partial charge in [0.2, 0.25) is 0 Å². The van der Waals surface area contributed by atoms with Crippen LogP contribution >= 0.6 is 0 Å². The molecule has 4 N–H and O–H groups in total. The first kappa shape index (κ1) is 11.6. The Labute approximate surface area is 96.8 Å². The lowest BCUT2D eigenvalue weighted by Crippen LogP contribution is -2.35. The minimum absolute atomic E-state index is 0.158. The zero-order valence-corrected chi connectivity index (χ0v) is 9.51. The Kier molecular flexibility index (Phi) is 3.93. The lowest BCUT2D eigenvalue weighted by molar-refractivity contribution is 0.0881. The number of nitrogens with two attached hydrogens (primary N) is 2. The van der Waals surface area contributed by atoms with Crippen LogP contribution in [0.25, 0.3) is 0 Å². The molecule has 1 saturated carbocycles. The van der Waals surface area contributed by atoms with Crippen molar-refractivity contribution < 1.29 is 4.74 Å². The van der Waals surface area contributed by atoms with Gasteiger partial charge in [0, 0.05) is 18.7 Å². The van der Waals surface area contributed by atoms with Crippen LogP contribution in [0.4, 0.5) is 0 Å². The van der Waals surface area contributed by atoms with Gasteiger partial charge in [-0.3, -0.25) is 0 Å². The molecular formula is C13H20N2O. The summed E-state index contributed by atoms with van der Waals surface area (Å²) in [4.78, 5) is 0. The van der Waals surface area contributed by atoms with Gasteiger partial charge in [-0.05, 0) is 24.3 Å². The third-order valence-corrected chi connectivity index (χ3v) is 3.23. The number of rotatable bonds is 4. The van der Waals surface area contributed by atoms with E-state index in [0.29, 0.717) is 12.5 Å². The smallest absolute Gasteiger partial charge is 0.0717 e. The van der Waals surface area contributed by atoms with Crippen LogP contribution in [0.3, 0.4) is 0 Å². The average molecular weight is 220 g/mol. The summed E-state index contributed by atoms with van der Waals surface area (Å²) in [6, 6.07) is 10.5. The van der Waals surface area contributed by atoms with Gasteiger partial charge in [-0.2, -0.15) is 0 Å². The van der Waals surface area contributed by atoms with Gasteiger partial charge in [-0.1, -0.05) is 30.3 Å². The second-order valence-electron chi connectivity index (χ2n) is 4.67. The third-order valence-electron chi connectivity index (χ3n) is 3.23. The summed E-state index contributed by atoms with van der Waals surface area (Å²) >= 11 is 0. The Bertz CT molecular complexity index is 305. The predicted octanol–water partition coefficient (Wildman–Crippen LogP) is 1.27. The van der Waals surface area contributed by atoms with Crippen LogP contribution in [0.1, 0.15) is 18.4 Å². The van der Waals surface area contributed by atoms with Gasteiger partial charge in [0.25, 0.3) is 0 Å². The molecule has 3 heteroatoms. The van der Waals surface area contributed by atoms with E-state index >= 15 is 0 Å². The summed E-state index contributed by atoms with van der Waals surface area (Å²) in [5, 5.41) is 0. The van der Waals surface area contributed by atoms with E-state index in [9.17, 15) is 0 Å². The molecule has 16 heavy (non-hydrogen) atoms. The molecule has 0 amide bonds. The highest BCUT2D eigenvalue weighted by atomic mass is 16.5. The van der Waals surface area contributed by atoms with Crippen LogP contribution in [0, 0.1) is 5.92 Å². The van der Waals surface area contributed by atoms with Crippen molar-refractivity contribution in [2.24, 2.45) is 17.4 Å². The van der Waals surface area contributed by atoms with E-state index in [2.05, 4.69) is 12.1 Å². The monoisotopic (exact) mass is 220 g/mol. The first-order valence-electron chi connectivity index (χ1n) is 5.88. The molecular weight excluding hydrogens is 200 g/mol. The number of hydrogen-bond donors (Lipinski definition) is 2. The molecule has 0 heterocycles. The molecule has 1 aliphatic carbocycles. The molecule has 3 nitrogen and oxygen atoms in total. The van der Waals surface area contributed by atoms with Crippen LogP contribution in [0.15, 0.2) is 30.3 Å². The largest absolute Gasteiger partial charge is 0.376 e. The second kappa shape index (κ2) is 5.43. The summed E-state index contributed by atoms with van der Waals surface area (Å²) in [6.45, 7) is 1.46. The lowest BCUT2D eigenvalue weighted by Gasteiger charge is -2.10. The summed E-state index contributed by atoms with van der Waals surface area (Å²) in [5.41, 5.74) is 13.0. The van der Waals surface area contributed by atoms with Gasteiger partial charge in [-0.15, -0.1) is 0 Å². The molecule has 0 aromatic heterocycles. The van der Waals surface area contributed by atoms with E-state index in [1.807, 2.05) is 18.2 Å². The van der Waals surface area contributed by atoms with Crippen LogP contribution < -0.4 is 11.5 Å². The van der Waals surface area contributed by atoms with Crippen LogP contribution in [-0.2, 0) is 11.3 Å². The maximum atomic E-state index is 5.87. The molecule has 1 aromatic rings. The Hall–Kier alpha value is -0.900. The molecule has 2 rings (SSSR count).